The van der Waals surface area contributed by atoms with Crippen molar-refractivity contribution in [3.63, 3.8) is 0 Å². The molecule has 34 valence electrons. The second kappa shape index (κ2) is 3.33. The van der Waals surface area contributed by atoms with Crippen LogP contribution in [-0.4, -0.2) is 4.84 Å². The molecule has 2 heteroatoms. The molecule has 0 aliphatic rings. The SMILES string of the molecule is CC#CC(Cl)Cl. The van der Waals surface area contributed by atoms with Crippen LogP contribution in [0.25, 0.3) is 0 Å². The van der Waals surface area contributed by atoms with Crippen molar-refractivity contribution < 1.29 is 0 Å². The van der Waals surface area contributed by atoms with Crippen LogP contribution >= 0.6 is 23.2 Å². The summed E-state index contributed by atoms with van der Waals surface area (Å²) in [6.07, 6.45) is 0. The molecule has 0 fully saturated rings. The Bertz CT molecular complexity index is 75.3. The van der Waals surface area contributed by atoms with E-state index in [9.17, 15) is 0 Å². The lowest BCUT2D eigenvalue weighted by Gasteiger charge is -1.76. The molecule has 0 N–H and O–H groups in total. The van der Waals surface area contributed by atoms with Crippen molar-refractivity contribution in [2.75, 3.05) is 0 Å². The zero-order chi connectivity index (χ0) is 4.99. The predicted molar refractivity (Wildman–Crippen MR) is 28.9 cm³/mol. The quantitative estimate of drug-likeness (QED) is 0.340. The zero-order valence-electron chi connectivity index (χ0n) is 3.33. The van der Waals surface area contributed by atoms with Crippen molar-refractivity contribution in [1.29, 1.82) is 0 Å². The van der Waals surface area contributed by atoms with Gasteiger partial charge in [0.1, 0.15) is 0 Å². The number of halogens is 2. The van der Waals surface area contributed by atoms with Crippen molar-refractivity contribution in [3.05, 3.63) is 0 Å². The third kappa shape index (κ3) is 4.14. The van der Waals surface area contributed by atoms with Crippen molar-refractivity contribution in [1.82, 2.24) is 0 Å². The topological polar surface area (TPSA) is 0 Å². The summed E-state index contributed by atoms with van der Waals surface area (Å²) < 4.78 is 0. The number of alkyl halides is 2. The highest BCUT2D eigenvalue weighted by molar-refractivity contribution is 6.46. The molecule has 0 unspecified atom stereocenters. The van der Waals surface area contributed by atoms with Gasteiger partial charge >= 0.3 is 0 Å². The van der Waals surface area contributed by atoms with E-state index in [0.717, 1.165) is 0 Å². The molecule has 0 heterocycles. The standard InChI is InChI=1S/C4H4Cl2/c1-2-3-4(5)6/h4H,1H3. The van der Waals surface area contributed by atoms with E-state index in [4.69, 9.17) is 23.2 Å². The summed E-state index contributed by atoms with van der Waals surface area (Å²) in [6, 6.07) is 0. The van der Waals surface area contributed by atoms with Crippen molar-refractivity contribution in [3.8, 4) is 11.8 Å². The van der Waals surface area contributed by atoms with E-state index in [1.807, 2.05) is 0 Å². The Morgan fingerprint density at radius 3 is 2.00 bits per heavy atom. The van der Waals surface area contributed by atoms with Crippen molar-refractivity contribution in [2.45, 2.75) is 11.8 Å². The molecule has 0 atom stereocenters. The number of hydrogen-bond acceptors (Lipinski definition) is 0. The first-order valence-corrected chi connectivity index (χ1v) is 2.35. The first-order valence-electron chi connectivity index (χ1n) is 1.48. The lowest BCUT2D eigenvalue weighted by Crippen LogP contribution is -1.72. The Balaban J connectivity index is 3.20. The van der Waals surface area contributed by atoms with Crippen molar-refractivity contribution in [2.24, 2.45) is 0 Å². The summed E-state index contributed by atoms with van der Waals surface area (Å²) in [6.45, 7) is 1.69. The summed E-state index contributed by atoms with van der Waals surface area (Å²) >= 11 is 10.3. The van der Waals surface area contributed by atoms with E-state index in [-0.39, 0.29) is 0 Å². The highest BCUT2D eigenvalue weighted by Crippen LogP contribution is 1.96. The van der Waals surface area contributed by atoms with E-state index in [2.05, 4.69) is 11.8 Å². The Hall–Kier alpha value is 0.140. The molecule has 0 aromatic heterocycles. The monoisotopic (exact) mass is 122 g/mol. The van der Waals surface area contributed by atoms with Gasteiger partial charge < -0.3 is 0 Å². The second-order valence-corrected chi connectivity index (χ2v) is 1.79. The molecule has 0 bridgehead atoms. The Kier molecular flexibility index (Phi) is 3.41. The lowest BCUT2D eigenvalue weighted by atomic mass is 10.7. The molecule has 0 rings (SSSR count). The summed E-state index contributed by atoms with van der Waals surface area (Å²) in [5, 5.41) is 0. The fourth-order valence-electron chi connectivity index (χ4n) is 0.109. The molecule has 0 radical (unpaired) electrons. The smallest absolute Gasteiger partial charge is 0.104 e. The van der Waals surface area contributed by atoms with Crippen molar-refractivity contribution >= 4 is 23.2 Å². The van der Waals surface area contributed by atoms with Gasteiger partial charge in [-0.1, -0.05) is 29.1 Å². The lowest BCUT2D eigenvalue weighted by molar-refractivity contribution is 1.70. The van der Waals surface area contributed by atoms with Crippen LogP contribution in [0.2, 0.25) is 0 Å². The largest absolute Gasteiger partial charge is 0.167 e. The molecule has 0 aromatic rings. The Morgan fingerprint density at radius 2 is 2.00 bits per heavy atom. The number of rotatable bonds is 0. The van der Waals surface area contributed by atoms with Crippen LogP contribution in [0.3, 0.4) is 0 Å². The van der Waals surface area contributed by atoms with Crippen LogP contribution in [0.1, 0.15) is 6.92 Å². The molecule has 0 aliphatic carbocycles. The molecule has 0 aromatic carbocycles. The van der Waals surface area contributed by atoms with Crippen LogP contribution in [0.4, 0.5) is 0 Å². The maximum atomic E-state index is 5.17. The van der Waals surface area contributed by atoms with Gasteiger partial charge in [-0.05, 0) is 6.92 Å². The van der Waals surface area contributed by atoms with Gasteiger partial charge in [-0.25, -0.2) is 0 Å². The maximum Gasteiger partial charge on any atom is 0.167 e. The van der Waals surface area contributed by atoms with E-state index in [1.54, 1.807) is 6.92 Å². The van der Waals surface area contributed by atoms with Crippen LogP contribution in [0.15, 0.2) is 0 Å². The van der Waals surface area contributed by atoms with Gasteiger partial charge in [0.25, 0.3) is 0 Å². The van der Waals surface area contributed by atoms with Gasteiger partial charge in [-0.3, -0.25) is 0 Å². The zero-order valence-corrected chi connectivity index (χ0v) is 4.85. The first-order chi connectivity index (χ1) is 2.77. The van der Waals surface area contributed by atoms with Gasteiger partial charge in [0.05, 0.1) is 0 Å². The Labute approximate surface area is 47.4 Å². The van der Waals surface area contributed by atoms with Gasteiger partial charge in [0.2, 0.25) is 0 Å². The molecule has 0 saturated carbocycles. The van der Waals surface area contributed by atoms with E-state index in [1.165, 1.54) is 0 Å². The third-order valence-electron chi connectivity index (χ3n) is 0.253. The minimum atomic E-state index is -0.519. The van der Waals surface area contributed by atoms with Crippen LogP contribution in [0.5, 0.6) is 0 Å². The first kappa shape index (κ1) is 6.14. The average molecular weight is 123 g/mol. The van der Waals surface area contributed by atoms with E-state index >= 15 is 0 Å². The molecule has 0 spiro atoms. The minimum Gasteiger partial charge on any atom is -0.104 e. The molecular formula is C4H4Cl2. The molecule has 6 heavy (non-hydrogen) atoms. The molecule has 0 amide bonds. The minimum absolute atomic E-state index is 0.519. The summed E-state index contributed by atoms with van der Waals surface area (Å²) in [5.74, 6) is 5.04. The fraction of sp³-hybridized carbons (Fsp3) is 0.500. The third-order valence-corrected chi connectivity index (χ3v) is 0.472. The molecule has 0 aliphatic heterocycles. The summed E-state index contributed by atoms with van der Waals surface area (Å²) in [5.41, 5.74) is 0. The summed E-state index contributed by atoms with van der Waals surface area (Å²) in [7, 11) is 0. The molecule has 0 saturated heterocycles. The summed E-state index contributed by atoms with van der Waals surface area (Å²) in [4.78, 5) is -0.519. The van der Waals surface area contributed by atoms with E-state index < -0.39 is 4.84 Å². The van der Waals surface area contributed by atoms with Gasteiger partial charge in [0.15, 0.2) is 4.84 Å². The van der Waals surface area contributed by atoms with Crippen LogP contribution < -0.4 is 0 Å². The van der Waals surface area contributed by atoms with E-state index in [0.29, 0.717) is 0 Å². The van der Waals surface area contributed by atoms with Crippen LogP contribution in [0, 0.1) is 11.8 Å². The van der Waals surface area contributed by atoms with Gasteiger partial charge in [-0.15, -0.1) is 5.92 Å². The highest BCUT2D eigenvalue weighted by Gasteiger charge is 1.82. The van der Waals surface area contributed by atoms with Gasteiger partial charge in [-0.2, -0.15) is 0 Å². The maximum absolute atomic E-state index is 5.17. The normalized spacial score (nSPS) is 7.33. The average Bonchev–Trinajstić information content (AvgIpc) is 1.35. The predicted octanol–water partition coefficient (Wildman–Crippen LogP) is 1.81. The van der Waals surface area contributed by atoms with Crippen LogP contribution in [-0.2, 0) is 0 Å². The number of hydrogen-bond donors (Lipinski definition) is 0. The Morgan fingerprint density at radius 1 is 1.50 bits per heavy atom. The molecular weight excluding hydrogens is 119 g/mol. The fourth-order valence-corrected chi connectivity index (χ4v) is 0.327. The highest BCUT2D eigenvalue weighted by atomic mass is 35.5. The second-order valence-electron chi connectivity index (χ2n) is 0.695. The molecule has 0 nitrogen and oxygen atoms in total. The van der Waals surface area contributed by atoms with Gasteiger partial charge in [0, 0.05) is 0 Å².